The number of anilines is 1. The van der Waals surface area contributed by atoms with Crippen molar-refractivity contribution in [1.29, 1.82) is 0 Å². The standard InChI is InChI=1S/C16H16N6/c1-10-6-8-11(9-7-10)14-12-4-2-3-5-13(12)15(20-19-14)21-22-16(17)18/h2-9H,1H3,(H,20,21)(H4,17,18,22). The van der Waals surface area contributed by atoms with Gasteiger partial charge in [-0.05, 0) is 6.92 Å². The molecule has 0 unspecified atom stereocenters. The summed E-state index contributed by atoms with van der Waals surface area (Å²) in [5, 5.41) is 14.2. The Labute approximate surface area is 127 Å². The Kier molecular flexibility index (Phi) is 3.57. The van der Waals surface area contributed by atoms with Gasteiger partial charge in [-0.15, -0.1) is 15.3 Å². The van der Waals surface area contributed by atoms with Crippen molar-refractivity contribution in [3.8, 4) is 11.3 Å². The highest BCUT2D eigenvalue weighted by atomic mass is 15.4. The van der Waals surface area contributed by atoms with E-state index in [0.717, 1.165) is 22.0 Å². The van der Waals surface area contributed by atoms with Crippen LogP contribution in [0.2, 0.25) is 0 Å². The third-order valence-corrected chi connectivity index (χ3v) is 3.30. The molecule has 0 aliphatic rings. The first-order valence-electron chi connectivity index (χ1n) is 6.82. The number of nitrogens with one attached hydrogen (secondary N) is 1. The third kappa shape index (κ3) is 2.67. The quantitative estimate of drug-likeness (QED) is 0.390. The van der Waals surface area contributed by atoms with E-state index >= 15 is 0 Å². The molecule has 0 aliphatic carbocycles. The van der Waals surface area contributed by atoms with E-state index in [1.807, 2.05) is 36.4 Å². The minimum atomic E-state index is -0.0616. The molecule has 6 nitrogen and oxygen atoms in total. The van der Waals surface area contributed by atoms with Gasteiger partial charge in [0.25, 0.3) is 0 Å². The summed E-state index contributed by atoms with van der Waals surface area (Å²) in [5.74, 6) is 0.452. The summed E-state index contributed by atoms with van der Waals surface area (Å²) in [4.78, 5) is 0. The molecular formula is C16H16N6. The highest BCUT2D eigenvalue weighted by molar-refractivity contribution is 6.00. The van der Waals surface area contributed by atoms with Crippen molar-refractivity contribution in [2.24, 2.45) is 16.6 Å². The highest BCUT2D eigenvalue weighted by Gasteiger charge is 2.10. The lowest BCUT2D eigenvalue weighted by molar-refractivity contribution is 1.04. The van der Waals surface area contributed by atoms with Crippen LogP contribution in [0.15, 0.2) is 53.6 Å². The minimum Gasteiger partial charge on any atom is -0.369 e. The van der Waals surface area contributed by atoms with Crippen molar-refractivity contribution in [3.05, 3.63) is 54.1 Å². The van der Waals surface area contributed by atoms with Gasteiger partial charge in [-0.1, -0.05) is 54.1 Å². The fraction of sp³-hybridized carbons (Fsp3) is 0.0625. The van der Waals surface area contributed by atoms with Crippen LogP contribution in [0.1, 0.15) is 5.56 Å². The van der Waals surface area contributed by atoms with Crippen molar-refractivity contribution in [1.82, 2.24) is 10.2 Å². The van der Waals surface area contributed by atoms with Gasteiger partial charge in [0.2, 0.25) is 5.96 Å². The Bertz CT molecular complexity index is 835. The molecule has 2 aromatic carbocycles. The minimum absolute atomic E-state index is 0.0616. The first-order chi connectivity index (χ1) is 10.6. The number of fused-ring (bicyclic) bond motifs is 1. The maximum absolute atomic E-state index is 5.34. The summed E-state index contributed by atoms with van der Waals surface area (Å²) in [6.07, 6.45) is 0. The van der Waals surface area contributed by atoms with Gasteiger partial charge in [0.15, 0.2) is 5.82 Å². The molecule has 1 heterocycles. The molecule has 0 saturated carbocycles. The van der Waals surface area contributed by atoms with E-state index in [-0.39, 0.29) is 5.96 Å². The Hall–Kier alpha value is -3.15. The van der Waals surface area contributed by atoms with Gasteiger partial charge in [-0.25, -0.2) is 0 Å². The second kappa shape index (κ2) is 5.69. The molecule has 0 atom stereocenters. The normalized spacial score (nSPS) is 10.4. The predicted octanol–water partition coefficient (Wildman–Crippen LogP) is 2.21. The van der Waals surface area contributed by atoms with E-state index in [9.17, 15) is 0 Å². The number of aromatic nitrogens is 2. The van der Waals surface area contributed by atoms with Gasteiger partial charge in [0.05, 0.1) is 0 Å². The van der Waals surface area contributed by atoms with Gasteiger partial charge in [-0.3, -0.25) is 5.43 Å². The van der Waals surface area contributed by atoms with Gasteiger partial charge >= 0.3 is 0 Å². The summed E-state index contributed by atoms with van der Waals surface area (Å²) in [7, 11) is 0. The van der Waals surface area contributed by atoms with Crippen molar-refractivity contribution < 1.29 is 0 Å². The van der Waals surface area contributed by atoms with Gasteiger partial charge in [-0.2, -0.15) is 0 Å². The Morgan fingerprint density at radius 2 is 1.64 bits per heavy atom. The van der Waals surface area contributed by atoms with E-state index in [1.165, 1.54) is 5.56 Å². The van der Waals surface area contributed by atoms with Crippen molar-refractivity contribution in [2.75, 3.05) is 5.43 Å². The molecule has 0 bridgehead atoms. The molecule has 22 heavy (non-hydrogen) atoms. The predicted molar refractivity (Wildman–Crippen MR) is 89.1 cm³/mol. The molecule has 110 valence electrons. The Balaban J connectivity index is 2.15. The lowest BCUT2D eigenvalue weighted by Crippen LogP contribution is -2.24. The van der Waals surface area contributed by atoms with Crippen LogP contribution in [0.3, 0.4) is 0 Å². The molecule has 0 aliphatic heterocycles. The average Bonchev–Trinajstić information content (AvgIpc) is 2.53. The second-order valence-corrected chi connectivity index (χ2v) is 4.96. The van der Waals surface area contributed by atoms with E-state index in [4.69, 9.17) is 11.5 Å². The van der Waals surface area contributed by atoms with Gasteiger partial charge in [0, 0.05) is 16.3 Å². The number of rotatable bonds is 3. The zero-order valence-corrected chi connectivity index (χ0v) is 12.1. The van der Waals surface area contributed by atoms with Crippen LogP contribution in [0, 0.1) is 6.92 Å². The summed E-state index contributed by atoms with van der Waals surface area (Å²) in [6, 6.07) is 16.0. The molecule has 0 radical (unpaired) electrons. The number of hydrogen-bond donors (Lipinski definition) is 3. The molecule has 6 heteroatoms. The lowest BCUT2D eigenvalue weighted by Gasteiger charge is -2.09. The SMILES string of the molecule is Cc1ccc(-c2nnc(NN=C(N)N)c3ccccc23)cc1. The number of guanidine groups is 1. The average molecular weight is 292 g/mol. The van der Waals surface area contributed by atoms with E-state index in [0.29, 0.717) is 5.82 Å². The van der Waals surface area contributed by atoms with Crippen LogP contribution >= 0.6 is 0 Å². The monoisotopic (exact) mass is 292 g/mol. The number of nitrogens with zero attached hydrogens (tertiary/aromatic N) is 3. The lowest BCUT2D eigenvalue weighted by atomic mass is 10.0. The molecule has 1 aromatic heterocycles. The molecular weight excluding hydrogens is 276 g/mol. The zero-order chi connectivity index (χ0) is 15.5. The molecule has 0 spiro atoms. The Morgan fingerprint density at radius 1 is 0.955 bits per heavy atom. The van der Waals surface area contributed by atoms with Crippen LogP contribution in [-0.4, -0.2) is 16.2 Å². The first-order valence-corrected chi connectivity index (χ1v) is 6.82. The highest BCUT2D eigenvalue weighted by Crippen LogP contribution is 2.29. The number of hydrogen-bond acceptors (Lipinski definition) is 4. The summed E-state index contributed by atoms with van der Waals surface area (Å²) in [5.41, 5.74) is 16.5. The molecule has 0 saturated heterocycles. The zero-order valence-electron chi connectivity index (χ0n) is 12.1. The first kappa shape index (κ1) is 13.8. The van der Waals surface area contributed by atoms with Gasteiger partial charge in [0.1, 0.15) is 5.69 Å². The fourth-order valence-corrected chi connectivity index (χ4v) is 2.23. The van der Waals surface area contributed by atoms with Crippen LogP contribution in [0.4, 0.5) is 5.82 Å². The second-order valence-electron chi connectivity index (χ2n) is 4.96. The van der Waals surface area contributed by atoms with Crippen molar-refractivity contribution in [2.45, 2.75) is 6.92 Å². The smallest absolute Gasteiger partial charge is 0.208 e. The van der Waals surface area contributed by atoms with E-state index in [2.05, 4.69) is 39.8 Å². The maximum atomic E-state index is 5.34. The molecule has 0 amide bonds. The number of benzene rings is 2. The van der Waals surface area contributed by atoms with Crippen molar-refractivity contribution >= 4 is 22.5 Å². The van der Waals surface area contributed by atoms with E-state index in [1.54, 1.807) is 0 Å². The van der Waals surface area contributed by atoms with Crippen LogP contribution < -0.4 is 16.9 Å². The maximum Gasteiger partial charge on any atom is 0.208 e. The summed E-state index contributed by atoms with van der Waals surface area (Å²) >= 11 is 0. The van der Waals surface area contributed by atoms with Crippen LogP contribution in [-0.2, 0) is 0 Å². The molecule has 5 N–H and O–H groups in total. The molecule has 3 aromatic rings. The number of aryl methyl sites for hydroxylation is 1. The number of nitrogens with two attached hydrogens (primary N) is 2. The summed E-state index contributed by atoms with van der Waals surface area (Å²) in [6.45, 7) is 2.05. The largest absolute Gasteiger partial charge is 0.369 e. The number of hydrazone groups is 1. The third-order valence-electron chi connectivity index (χ3n) is 3.30. The molecule has 3 rings (SSSR count). The summed E-state index contributed by atoms with van der Waals surface area (Å²) < 4.78 is 0. The van der Waals surface area contributed by atoms with E-state index < -0.39 is 0 Å². The fourth-order valence-electron chi connectivity index (χ4n) is 2.23. The topological polar surface area (TPSA) is 102 Å². The Morgan fingerprint density at radius 3 is 2.32 bits per heavy atom. The van der Waals surface area contributed by atoms with Crippen molar-refractivity contribution in [3.63, 3.8) is 0 Å². The van der Waals surface area contributed by atoms with Gasteiger partial charge < -0.3 is 11.5 Å². The van der Waals surface area contributed by atoms with Crippen LogP contribution in [0.25, 0.3) is 22.0 Å². The van der Waals surface area contributed by atoms with Crippen LogP contribution in [0.5, 0.6) is 0 Å². The molecule has 0 fully saturated rings.